The van der Waals surface area contributed by atoms with Crippen molar-refractivity contribution in [2.75, 3.05) is 13.7 Å². The lowest BCUT2D eigenvalue weighted by atomic mass is 9.75. The molecule has 3 heteroatoms. The van der Waals surface area contributed by atoms with Crippen LogP contribution >= 0.6 is 0 Å². The first kappa shape index (κ1) is 15.3. The van der Waals surface area contributed by atoms with E-state index in [1.807, 2.05) is 6.07 Å². The minimum Gasteiger partial charge on any atom is -0.496 e. The molecule has 2 N–H and O–H groups in total. The molecule has 0 spiro atoms. The molecule has 1 aliphatic rings. The van der Waals surface area contributed by atoms with Gasteiger partial charge >= 0.3 is 0 Å². The fourth-order valence-corrected chi connectivity index (χ4v) is 3.52. The summed E-state index contributed by atoms with van der Waals surface area (Å²) in [6.07, 6.45) is 3.62. The number of nitrogens with one attached hydrogen (secondary N) is 1. The number of rotatable bonds is 4. The van der Waals surface area contributed by atoms with Crippen LogP contribution in [0.5, 0.6) is 5.75 Å². The quantitative estimate of drug-likeness (QED) is 0.889. The number of aryl methyl sites for hydroxylation is 2. The van der Waals surface area contributed by atoms with Crippen molar-refractivity contribution >= 4 is 0 Å². The van der Waals surface area contributed by atoms with Crippen molar-refractivity contribution in [1.82, 2.24) is 5.32 Å². The Morgan fingerprint density at radius 1 is 1.30 bits per heavy atom. The molecule has 0 amide bonds. The third-order valence-corrected chi connectivity index (χ3v) is 4.43. The van der Waals surface area contributed by atoms with E-state index < -0.39 is 5.60 Å². The van der Waals surface area contributed by atoms with Crippen molar-refractivity contribution in [3.63, 3.8) is 0 Å². The van der Waals surface area contributed by atoms with Crippen molar-refractivity contribution in [3.05, 3.63) is 28.8 Å². The molecule has 1 fully saturated rings. The molecule has 0 atom stereocenters. The zero-order chi connectivity index (χ0) is 14.8. The van der Waals surface area contributed by atoms with Gasteiger partial charge in [0.1, 0.15) is 5.75 Å². The molecule has 3 nitrogen and oxygen atoms in total. The molecule has 0 aliphatic heterocycles. The van der Waals surface area contributed by atoms with Crippen molar-refractivity contribution < 1.29 is 9.84 Å². The Labute approximate surface area is 122 Å². The van der Waals surface area contributed by atoms with E-state index in [2.05, 4.69) is 32.2 Å². The Morgan fingerprint density at radius 3 is 2.50 bits per heavy atom. The lowest BCUT2D eigenvalue weighted by molar-refractivity contribution is -0.0105. The largest absolute Gasteiger partial charge is 0.496 e. The second kappa shape index (κ2) is 6.15. The fraction of sp³-hybridized carbons (Fsp3) is 0.647. The van der Waals surface area contributed by atoms with Crippen LogP contribution in [0.2, 0.25) is 0 Å². The number of hydrogen-bond donors (Lipinski definition) is 2. The van der Waals surface area contributed by atoms with Gasteiger partial charge in [0.25, 0.3) is 0 Å². The highest BCUT2D eigenvalue weighted by Gasteiger charge is 2.37. The predicted molar refractivity (Wildman–Crippen MR) is 82.3 cm³/mol. The van der Waals surface area contributed by atoms with Gasteiger partial charge in [0.15, 0.2) is 0 Å². The Hall–Kier alpha value is -1.06. The molecule has 0 saturated heterocycles. The zero-order valence-corrected chi connectivity index (χ0v) is 13.1. The standard InChI is InChI=1S/C17H27NO2/c1-5-18-14-6-8-17(19,9-7-14)16-13(3)10-12(2)11-15(16)20-4/h10-11,14,18-19H,5-9H2,1-4H3. The molecule has 1 aliphatic carbocycles. The molecule has 20 heavy (non-hydrogen) atoms. The lowest BCUT2D eigenvalue weighted by Crippen LogP contribution is -2.40. The van der Waals surface area contributed by atoms with E-state index in [9.17, 15) is 5.11 Å². The van der Waals surface area contributed by atoms with E-state index in [1.54, 1.807) is 7.11 Å². The highest BCUT2D eigenvalue weighted by molar-refractivity contribution is 5.46. The van der Waals surface area contributed by atoms with E-state index in [1.165, 1.54) is 5.56 Å². The van der Waals surface area contributed by atoms with Crippen LogP contribution in [-0.2, 0) is 5.60 Å². The molecule has 0 unspecified atom stereocenters. The number of aliphatic hydroxyl groups is 1. The average molecular weight is 277 g/mol. The van der Waals surface area contributed by atoms with Crippen LogP contribution in [0.15, 0.2) is 12.1 Å². The first-order valence-electron chi connectivity index (χ1n) is 7.61. The van der Waals surface area contributed by atoms with E-state index >= 15 is 0 Å². The zero-order valence-electron chi connectivity index (χ0n) is 13.1. The number of benzene rings is 1. The minimum atomic E-state index is -0.741. The van der Waals surface area contributed by atoms with Gasteiger partial charge in [0, 0.05) is 11.6 Å². The molecular formula is C17H27NO2. The van der Waals surface area contributed by atoms with Gasteiger partial charge in [0.05, 0.1) is 12.7 Å². The van der Waals surface area contributed by atoms with Crippen LogP contribution in [-0.4, -0.2) is 24.8 Å². The molecule has 0 bridgehead atoms. The van der Waals surface area contributed by atoms with Gasteiger partial charge < -0.3 is 15.2 Å². The monoisotopic (exact) mass is 277 g/mol. The Bertz CT molecular complexity index is 462. The molecular weight excluding hydrogens is 250 g/mol. The van der Waals surface area contributed by atoms with Crippen LogP contribution in [0.3, 0.4) is 0 Å². The van der Waals surface area contributed by atoms with Gasteiger partial charge in [-0.1, -0.05) is 13.0 Å². The van der Waals surface area contributed by atoms with Crippen LogP contribution in [0.4, 0.5) is 0 Å². The molecule has 2 rings (SSSR count). The highest BCUT2D eigenvalue weighted by Crippen LogP contribution is 2.43. The second-order valence-corrected chi connectivity index (χ2v) is 6.02. The summed E-state index contributed by atoms with van der Waals surface area (Å²) in [5.41, 5.74) is 2.55. The van der Waals surface area contributed by atoms with Crippen molar-refractivity contribution in [1.29, 1.82) is 0 Å². The van der Waals surface area contributed by atoms with Crippen LogP contribution in [0.1, 0.15) is 49.3 Å². The molecule has 0 heterocycles. The maximum atomic E-state index is 11.1. The maximum absolute atomic E-state index is 11.1. The SMILES string of the molecule is CCNC1CCC(O)(c2c(C)cc(C)cc2OC)CC1. The van der Waals surface area contributed by atoms with Gasteiger partial charge in [-0.2, -0.15) is 0 Å². The lowest BCUT2D eigenvalue weighted by Gasteiger charge is -2.38. The molecule has 1 saturated carbocycles. The Balaban J connectivity index is 2.27. The summed E-state index contributed by atoms with van der Waals surface area (Å²) in [7, 11) is 1.69. The van der Waals surface area contributed by atoms with Crippen LogP contribution < -0.4 is 10.1 Å². The third-order valence-electron chi connectivity index (χ3n) is 4.43. The highest BCUT2D eigenvalue weighted by atomic mass is 16.5. The van der Waals surface area contributed by atoms with Gasteiger partial charge in [-0.05, 0) is 63.3 Å². The topological polar surface area (TPSA) is 41.5 Å². The van der Waals surface area contributed by atoms with Crippen molar-refractivity contribution in [3.8, 4) is 5.75 Å². The second-order valence-electron chi connectivity index (χ2n) is 6.02. The summed E-state index contributed by atoms with van der Waals surface area (Å²) in [5, 5.41) is 14.6. The maximum Gasteiger partial charge on any atom is 0.125 e. The van der Waals surface area contributed by atoms with Crippen LogP contribution in [0.25, 0.3) is 0 Å². The average Bonchev–Trinajstić information content (AvgIpc) is 2.40. The molecule has 112 valence electrons. The van der Waals surface area contributed by atoms with E-state index in [-0.39, 0.29) is 0 Å². The molecule has 1 aromatic carbocycles. The van der Waals surface area contributed by atoms with E-state index in [0.717, 1.165) is 49.1 Å². The molecule has 0 radical (unpaired) electrons. The summed E-state index contributed by atoms with van der Waals surface area (Å²) in [5.74, 6) is 0.826. The van der Waals surface area contributed by atoms with Crippen molar-refractivity contribution in [2.24, 2.45) is 0 Å². The van der Waals surface area contributed by atoms with Gasteiger partial charge in [0.2, 0.25) is 0 Å². The number of methoxy groups -OCH3 is 1. The Kier molecular flexibility index (Phi) is 4.71. The summed E-state index contributed by atoms with van der Waals surface area (Å²) in [6.45, 7) is 7.26. The summed E-state index contributed by atoms with van der Waals surface area (Å²) >= 11 is 0. The smallest absolute Gasteiger partial charge is 0.125 e. The van der Waals surface area contributed by atoms with Gasteiger partial charge in [-0.25, -0.2) is 0 Å². The van der Waals surface area contributed by atoms with Gasteiger partial charge in [-0.3, -0.25) is 0 Å². The third kappa shape index (κ3) is 2.99. The normalized spacial score (nSPS) is 26.6. The number of ether oxygens (including phenoxy) is 1. The molecule has 0 aromatic heterocycles. The van der Waals surface area contributed by atoms with E-state index in [0.29, 0.717) is 6.04 Å². The minimum absolute atomic E-state index is 0.539. The summed E-state index contributed by atoms with van der Waals surface area (Å²) in [4.78, 5) is 0. The summed E-state index contributed by atoms with van der Waals surface area (Å²) in [6, 6.07) is 4.69. The summed E-state index contributed by atoms with van der Waals surface area (Å²) < 4.78 is 5.52. The molecule has 1 aromatic rings. The Morgan fingerprint density at radius 2 is 1.95 bits per heavy atom. The first-order valence-corrected chi connectivity index (χ1v) is 7.61. The van der Waals surface area contributed by atoms with E-state index in [4.69, 9.17) is 4.74 Å². The predicted octanol–water partition coefficient (Wildman–Crippen LogP) is 3.05. The van der Waals surface area contributed by atoms with Gasteiger partial charge in [-0.15, -0.1) is 0 Å². The number of hydrogen-bond acceptors (Lipinski definition) is 3. The first-order chi connectivity index (χ1) is 9.50. The fourth-order valence-electron chi connectivity index (χ4n) is 3.52. The van der Waals surface area contributed by atoms with Crippen molar-refractivity contribution in [2.45, 2.75) is 58.1 Å². The van der Waals surface area contributed by atoms with Crippen LogP contribution in [0, 0.1) is 13.8 Å².